The van der Waals surface area contributed by atoms with E-state index in [4.69, 9.17) is 9.47 Å². The van der Waals surface area contributed by atoms with E-state index in [2.05, 4.69) is 31.1 Å². The second-order valence-corrected chi connectivity index (χ2v) is 6.98. The van der Waals surface area contributed by atoms with Gasteiger partial charge in [-0.3, -0.25) is 0 Å². The highest BCUT2D eigenvalue weighted by molar-refractivity contribution is 4.88. The molecule has 0 saturated carbocycles. The summed E-state index contributed by atoms with van der Waals surface area (Å²) >= 11 is 0. The number of nitrogens with one attached hydrogen (secondary N) is 1. The first kappa shape index (κ1) is 16.2. The molecule has 20 heavy (non-hydrogen) atoms. The average molecular weight is 284 g/mol. The SMILES string of the molecule is CC(C)NCC1(CN(C)CC2CCCO2)CCOCC1. The van der Waals surface area contributed by atoms with Crippen molar-refractivity contribution in [2.45, 2.75) is 51.7 Å². The van der Waals surface area contributed by atoms with Gasteiger partial charge in [-0.1, -0.05) is 13.8 Å². The van der Waals surface area contributed by atoms with E-state index in [-0.39, 0.29) is 0 Å². The normalized spacial score (nSPS) is 26.6. The Labute approximate surface area is 124 Å². The van der Waals surface area contributed by atoms with Crippen LogP contribution in [0.2, 0.25) is 0 Å². The van der Waals surface area contributed by atoms with Crippen molar-refractivity contribution >= 4 is 0 Å². The van der Waals surface area contributed by atoms with Crippen molar-refractivity contribution in [1.29, 1.82) is 0 Å². The van der Waals surface area contributed by atoms with Crippen molar-refractivity contribution in [2.75, 3.05) is 46.5 Å². The molecule has 1 N–H and O–H groups in total. The minimum atomic E-state index is 0.371. The summed E-state index contributed by atoms with van der Waals surface area (Å²) in [4.78, 5) is 2.48. The van der Waals surface area contributed by atoms with E-state index in [0.717, 1.165) is 39.5 Å². The molecule has 2 rings (SSSR count). The van der Waals surface area contributed by atoms with Gasteiger partial charge in [-0.05, 0) is 38.1 Å². The molecule has 4 heteroatoms. The summed E-state index contributed by atoms with van der Waals surface area (Å²) in [6.45, 7) is 10.5. The Kier molecular flexibility index (Phi) is 6.27. The van der Waals surface area contributed by atoms with Crippen LogP contribution in [-0.4, -0.2) is 63.5 Å². The van der Waals surface area contributed by atoms with Crippen LogP contribution < -0.4 is 5.32 Å². The molecule has 0 aliphatic carbocycles. The molecule has 0 spiro atoms. The van der Waals surface area contributed by atoms with E-state index >= 15 is 0 Å². The van der Waals surface area contributed by atoms with E-state index in [1.165, 1.54) is 25.7 Å². The number of likely N-dealkylation sites (N-methyl/N-ethyl adjacent to an activating group) is 1. The fourth-order valence-corrected chi connectivity index (χ4v) is 3.39. The Hall–Kier alpha value is -0.160. The first-order chi connectivity index (χ1) is 9.60. The van der Waals surface area contributed by atoms with Gasteiger partial charge in [0, 0.05) is 45.5 Å². The molecule has 2 aliphatic rings. The lowest BCUT2D eigenvalue weighted by Crippen LogP contribution is -2.48. The van der Waals surface area contributed by atoms with Gasteiger partial charge in [-0.15, -0.1) is 0 Å². The molecule has 2 aliphatic heterocycles. The molecule has 1 atom stereocenters. The third-order valence-corrected chi connectivity index (χ3v) is 4.58. The first-order valence-corrected chi connectivity index (χ1v) is 8.21. The zero-order chi connectivity index (χ0) is 14.4. The standard InChI is InChI=1S/C16H32N2O2/c1-14(2)17-12-16(6-9-19-10-7-16)13-18(3)11-15-5-4-8-20-15/h14-15,17H,4-13H2,1-3H3. The summed E-state index contributed by atoms with van der Waals surface area (Å²) in [7, 11) is 2.24. The van der Waals surface area contributed by atoms with E-state index in [1.807, 2.05) is 0 Å². The monoisotopic (exact) mass is 284 g/mol. The molecule has 1 unspecified atom stereocenters. The van der Waals surface area contributed by atoms with Crippen molar-refractivity contribution < 1.29 is 9.47 Å². The van der Waals surface area contributed by atoms with Crippen LogP contribution in [0.1, 0.15) is 39.5 Å². The fourth-order valence-electron chi connectivity index (χ4n) is 3.39. The topological polar surface area (TPSA) is 33.7 Å². The molecular weight excluding hydrogens is 252 g/mol. The highest BCUT2D eigenvalue weighted by Gasteiger charge is 2.34. The number of ether oxygens (including phenoxy) is 2. The third kappa shape index (κ3) is 4.99. The Morgan fingerprint density at radius 2 is 2.00 bits per heavy atom. The predicted molar refractivity (Wildman–Crippen MR) is 82.1 cm³/mol. The van der Waals surface area contributed by atoms with Crippen LogP contribution in [0.5, 0.6) is 0 Å². The van der Waals surface area contributed by atoms with E-state index in [9.17, 15) is 0 Å². The van der Waals surface area contributed by atoms with Crippen molar-refractivity contribution in [1.82, 2.24) is 10.2 Å². The molecule has 2 fully saturated rings. The number of hydrogen-bond acceptors (Lipinski definition) is 4. The summed E-state index contributed by atoms with van der Waals surface area (Å²) in [5.41, 5.74) is 0.371. The van der Waals surface area contributed by atoms with Gasteiger partial charge in [0.05, 0.1) is 6.10 Å². The zero-order valence-corrected chi connectivity index (χ0v) is 13.5. The molecule has 2 heterocycles. The fraction of sp³-hybridized carbons (Fsp3) is 1.00. The maximum atomic E-state index is 5.76. The molecule has 0 aromatic rings. The van der Waals surface area contributed by atoms with E-state index in [0.29, 0.717) is 17.6 Å². The largest absolute Gasteiger partial charge is 0.381 e. The quantitative estimate of drug-likeness (QED) is 0.774. The van der Waals surface area contributed by atoms with Gasteiger partial charge >= 0.3 is 0 Å². The molecule has 118 valence electrons. The Balaban J connectivity index is 1.85. The molecule has 4 nitrogen and oxygen atoms in total. The molecule has 2 saturated heterocycles. The Bertz CT molecular complexity index is 272. The van der Waals surface area contributed by atoms with Gasteiger partial charge < -0.3 is 19.7 Å². The molecule has 0 aromatic carbocycles. The van der Waals surface area contributed by atoms with Crippen molar-refractivity contribution in [3.05, 3.63) is 0 Å². The Morgan fingerprint density at radius 1 is 1.25 bits per heavy atom. The second-order valence-electron chi connectivity index (χ2n) is 6.98. The molecule has 0 bridgehead atoms. The second kappa shape index (κ2) is 7.74. The maximum Gasteiger partial charge on any atom is 0.0702 e. The molecule has 0 amide bonds. The Morgan fingerprint density at radius 3 is 2.60 bits per heavy atom. The predicted octanol–water partition coefficient (Wildman–Crippen LogP) is 1.89. The summed E-state index contributed by atoms with van der Waals surface area (Å²) in [5.74, 6) is 0. The minimum Gasteiger partial charge on any atom is -0.381 e. The highest BCUT2D eigenvalue weighted by atomic mass is 16.5. The lowest BCUT2D eigenvalue weighted by molar-refractivity contribution is -0.00926. The molecular formula is C16H32N2O2. The number of hydrogen-bond donors (Lipinski definition) is 1. The van der Waals surface area contributed by atoms with Gasteiger partial charge in [-0.25, -0.2) is 0 Å². The van der Waals surface area contributed by atoms with Crippen LogP contribution in [-0.2, 0) is 9.47 Å². The number of rotatable bonds is 7. The highest BCUT2D eigenvalue weighted by Crippen LogP contribution is 2.31. The maximum absolute atomic E-state index is 5.76. The smallest absolute Gasteiger partial charge is 0.0702 e. The van der Waals surface area contributed by atoms with Crippen molar-refractivity contribution in [2.24, 2.45) is 5.41 Å². The zero-order valence-electron chi connectivity index (χ0n) is 13.5. The van der Waals surface area contributed by atoms with E-state index in [1.54, 1.807) is 0 Å². The minimum absolute atomic E-state index is 0.371. The van der Waals surface area contributed by atoms with Crippen LogP contribution in [0.15, 0.2) is 0 Å². The first-order valence-electron chi connectivity index (χ1n) is 8.21. The van der Waals surface area contributed by atoms with Crippen LogP contribution in [0, 0.1) is 5.41 Å². The average Bonchev–Trinajstić information content (AvgIpc) is 2.90. The third-order valence-electron chi connectivity index (χ3n) is 4.58. The summed E-state index contributed by atoms with van der Waals surface area (Å²) in [5, 5.41) is 3.64. The van der Waals surface area contributed by atoms with Crippen molar-refractivity contribution in [3.8, 4) is 0 Å². The summed E-state index contributed by atoms with van der Waals surface area (Å²) in [6.07, 6.45) is 5.25. The van der Waals surface area contributed by atoms with Crippen LogP contribution in [0.25, 0.3) is 0 Å². The van der Waals surface area contributed by atoms with Crippen LogP contribution in [0.4, 0.5) is 0 Å². The lowest BCUT2D eigenvalue weighted by atomic mass is 9.79. The summed E-state index contributed by atoms with van der Waals surface area (Å²) in [6, 6.07) is 0.554. The van der Waals surface area contributed by atoms with Gasteiger partial charge in [0.15, 0.2) is 0 Å². The van der Waals surface area contributed by atoms with Crippen LogP contribution >= 0.6 is 0 Å². The number of nitrogens with zero attached hydrogens (tertiary/aromatic N) is 1. The lowest BCUT2D eigenvalue weighted by Gasteiger charge is -2.41. The molecule has 0 aromatic heterocycles. The van der Waals surface area contributed by atoms with Gasteiger partial charge in [0.25, 0.3) is 0 Å². The van der Waals surface area contributed by atoms with Gasteiger partial charge in [0.2, 0.25) is 0 Å². The van der Waals surface area contributed by atoms with Crippen LogP contribution in [0.3, 0.4) is 0 Å². The van der Waals surface area contributed by atoms with Gasteiger partial charge in [0.1, 0.15) is 0 Å². The van der Waals surface area contributed by atoms with Gasteiger partial charge in [-0.2, -0.15) is 0 Å². The van der Waals surface area contributed by atoms with E-state index < -0.39 is 0 Å². The molecule has 0 radical (unpaired) electrons. The van der Waals surface area contributed by atoms with Crippen molar-refractivity contribution in [3.63, 3.8) is 0 Å². The summed E-state index contributed by atoms with van der Waals surface area (Å²) < 4.78 is 11.3.